The maximum Gasteiger partial charge on any atom is 0.268 e. The number of hydrogen-bond acceptors (Lipinski definition) is 6. The lowest BCUT2D eigenvalue weighted by atomic mass is 10.0. The highest BCUT2D eigenvalue weighted by Crippen LogP contribution is 2.37. The lowest BCUT2D eigenvalue weighted by Crippen LogP contribution is -2.27. The zero-order chi connectivity index (χ0) is 23.1. The van der Waals surface area contributed by atoms with E-state index < -0.39 is 23.0 Å². The van der Waals surface area contributed by atoms with Crippen molar-refractivity contribution in [2.24, 2.45) is 7.05 Å². The van der Waals surface area contributed by atoms with E-state index in [1.54, 1.807) is 41.8 Å². The van der Waals surface area contributed by atoms with Gasteiger partial charge in [-0.15, -0.1) is 0 Å². The van der Waals surface area contributed by atoms with Gasteiger partial charge < -0.3 is 13.9 Å². The van der Waals surface area contributed by atoms with Gasteiger partial charge in [0.25, 0.3) is 11.5 Å². The number of aryl methyl sites for hydroxylation is 1. The Morgan fingerprint density at radius 1 is 1.12 bits per heavy atom. The number of nitrogens with zero attached hydrogens (tertiary/aromatic N) is 4. The molecule has 1 atom stereocenters. The summed E-state index contributed by atoms with van der Waals surface area (Å²) in [5.74, 6) is -0.944. The standard InChI is InChI=1S/C23H18F2N4O3S/c1-28-13-17(15-5-2-3-6-16(15)22(28)30)21-20(32-19-8-7-14(24)11-18(19)25)12-26-23(27-21)29-9-4-10-33(29)31/h2-3,5-8,11-13H,4,9-10H2,1H3. The molecule has 33 heavy (non-hydrogen) atoms. The molecule has 1 aliphatic heterocycles. The molecule has 1 unspecified atom stereocenters. The average Bonchev–Trinajstić information content (AvgIpc) is 3.24. The van der Waals surface area contributed by atoms with Gasteiger partial charge in [-0.2, -0.15) is 4.31 Å². The first-order valence-corrected chi connectivity index (χ1v) is 11.4. The van der Waals surface area contributed by atoms with Crippen LogP contribution in [0, 0.1) is 11.6 Å². The van der Waals surface area contributed by atoms with Gasteiger partial charge in [-0.25, -0.2) is 18.7 Å². The van der Waals surface area contributed by atoms with E-state index >= 15 is 0 Å². The van der Waals surface area contributed by atoms with Crippen molar-refractivity contribution in [1.82, 2.24) is 14.5 Å². The molecule has 0 radical (unpaired) electrons. The van der Waals surface area contributed by atoms with Gasteiger partial charge in [0.1, 0.15) is 17.3 Å². The molecule has 4 aromatic rings. The molecule has 3 heterocycles. The number of fused-ring (bicyclic) bond motifs is 1. The second kappa shape index (κ2) is 8.45. The molecule has 0 N–H and O–H groups in total. The van der Waals surface area contributed by atoms with E-state index in [-0.39, 0.29) is 23.0 Å². The number of aromatic nitrogens is 3. The molecule has 1 saturated heterocycles. The van der Waals surface area contributed by atoms with Crippen molar-refractivity contribution in [3.8, 4) is 22.8 Å². The van der Waals surface area contributed by atoms with E-state index in [1.165, 1.54) is 16.8 Å². The molecule has 0 aliphatic carbocycles. The Labute approximate surface area is 190 Å². The first-order chi connectivity index (χ1) is 15.9. The molecular formula is C23H18F2N4O3S. The van der Waals surface area contributed by atoms with Crippen LogP contribution < -0.4 is 14.6 Å². The van der Waals surface area contributed by atoms with E-state index in [1.807, 2.05) is 0 Å². The Kier molecular flexibility index (Phi) is 5.47. The summed E-state index contributed by atoms with van der Waals surface area (Å²) in [4.78, 5) is 21.6. The number of halogens is 2. The molecule has 1 fully saturated rings. The van der Waals surface area contributed by atoms with Crippen LogP contribution in [0.2, 0.25) is 0 Å². The highest BCUT2D eigenvalue weighted by Gasteiger charge is 2.30. The smallest absolute Gasteiger partial charge is 0.268 e. The van der Waals surface area contributed by atoms with E-state index in [2.05, 4.69) is 9.97 Å². The third-order valence-electron chi connectivity index (χ3n) is 5.35. The Morgan fingerprint density at radius 2 is 1.91 bits per heavy atom. The van der Waals surface area contributed by atoms with Crippen LogP contribution >= 0.6 is 0 Å². The second-order valence-electron chi connectivity index (χ2n) is 7.55. The first-order valence-electron chi connectivity index (χ1n) is 10.2. The van der Waals surface area contributed by atoms with Crippen molar-refractivity contribution in [3.63, 3.8) is 0 Å². The van der Waals surface area contributed by atoms with Crippen LogP contribution in [0.15, 0.2) is 59.7 Å². The summed E-state index contributed by atoms with van der Waals surface area (Å²) < 4.78 is 48.8. The lowest BCUT2D eigenvalue weighted by Gasteiger charge is -2.19. The zero-order valence-electron chi connectivity index (χ0n) is 17.5. The minimum atomic E-state index is -1.25. The Bertz CT molecular complexity index is 1430. The number of anilines is 1. The molecule has 1 aliphatic rings. The maximum atomic E-state index is 14.3. The van der Waals surface area contributed by atoms with Crippen molar-refractivity contribution < 1.29 is 18.1 Å². The number of ether oxygens (including phenoxy) is 1. The number of rotatable bonds is 4. The first kappa shape index (κ1) is 21.4. The molecular weight excluding hydrogens is 450 g/mol. The molecule has 5 rings (SSSR count). The van der Waals surface area contributed by atoms with Gasteiger partial charge in [-0.1, -0.05) is 18.2 Å². The summed E-state index contributed by atoms with van der Waals surface area (Å²) >= 11 is -1.25. The molecule has 2 aromatic heterocycles. The number of benzene rings is 2. The van der Waals surface area contributed by atoms with Gasteiger partial charge in [0.05, 0.1) is 24.1 Å². The molecule has 10 heteroatoms. The van der Waals surface area contributed by atoms with Crippen molar-refractivity contribution >= 4 is 28.1 Å². The third-order valence-corrected chi connectivity index (χ3v) is 6.83. The van der Waals surface area contributed by atoms with E-state index in [9.17, 15) is 18.1 Å². The third kappa shape index (κ3) is 3.91. The highest BCUT2D eigenvalue weighted by molar-refractivity contribution is 7.93. The van der Waals surface area contributed by atoms with Crippen molar-refractivity contribution in [3.05, 3.63) is 76.8 Å². The van der Waals surface area contributed by atoms with Crippen LogP contribution in [0.3, 0.4) is 0 Å². The summed E-state index contributed by atoms with van der Waals surface area (Å²) in [6.07, 6.45) is 3.73. The molecule has 0 spiro atoms. The minimum Gasteiger partial charge on any atom is -0.593 e. The van der Waals surface area contributed by atoms with Gasteiger partial charge in [0.2, 0.25) is 0 Å². The Balaban J connectivity index is 1.72. The topological polar surface area (TPSA) is 83.3 Å². The van der Waals surface area contributed by atoms with Crippen LogP contribution in [-0.2, 0) is 18.4 Å². The predicted octanol–water partition coefficient (Wildman–Crippen LogP) is 3.94. The van der Waals surface area contributed by atoms with Gasteiger partial charge in [-0.05, 0) is 23.6 Å². The van der Waals surface area contributed by atoms with Gasteiger partial charge in [0.15, 0.2) is 17.3 Å². The Hall–Kier alpha value is -3.50. The van der Waals surface area contributed by atoms with Gasteiger partial charge >= 0.3 is 0 Å². The molecule has 2 aromatic carbocycles. The molecule has 0 amide bonds. The van der Waals surface area contributed by atoms with Crippen molar-refractivity contribution in [1.29, 1.82) is 0 Å². The largest absolute Gasteiger partial charge is 0.593 e. The fourth-order valence-electron chi connectivity index (χ4n) is 3.77. The monoisotopic (exact) mass is 468 g/mol. The van der Waals surface area contributed by atoms with E-state index in [0.717, 1.165) is 18.6 Å². The summed E-state index contributed by atoms with van der Waals surface area (Å²) in [5.41, 5.74) is 0.662. The van der Waals surface area contributed by atoms with Crippen LogP contribution in [-0.4, -0.2) is 31.4 Å². The molecule has 0 bridgehead atoms. The second-order valence-corrected chi connectivity index (χ2v) is 9.04. The maximum absolute atomic E-state index is 14.3. The van der Waals surface area contributed by atoms with E-state index in [0.29, 0.717) is 34.3 Å². The summed E-state index contributed by atoms with van der Waals surface area (Å²) in [6, 6.07) is 10.0. The van der Waals surface area contributed by atoms with Gasteiger partial charge in [-0.3, -0.25) is 4.79 Å². The van der Waals surface area contributed by atoms with Crippen molar-refractivity contribution in [2.75, 3.05) is 16.6 Å². The van der Waals surface area contributed by atoms with Crippen LogP contribution in [0.25, 0.3) is 22.0 Å². The van der Waals surface area contributed by atoms with Crippen LogP contribution in [0.5, 0.6) is 11.5 Å². The molecule has 0 saturated carbocycles. The van der Waals surface area contributed by atoms with Crippen molar-refractivity contribution in [2.45, 2.75) is 6.42 Å². The number of pyridine rings is 1. The highest BCUT2D eigenvalue weighted by atomic mass is 32.2. The number of hydrogen-bond donors (Lipinski definition) is 0. The fraction of sp³-hybridized carbons (Fsp3) is 0.174. The normalized spacial score (nSPS) is 15.9. The van der Waals surface area contributed by atoms with Crippen LogP contribution in [0.1, 0.15) is 6.42 Å². The fourth-order valence-corrected chi connectivity index (χ4v) is 4.96. The Morgan fingerprint density at radius 3 is 2.64 bits per heavy atom. The summed E-state index contributed by atoms with van der Waals surface area (Å²) in [5, 5.41) is 1.10. The minimum absolute atomic E-state index is 0.109. The average molecular weight is 468 g/mol. The van der Waals surface area contributed by atoms with E-state index in [4.69, 9.17) is 4.74 Å². The SMILES string of the molecule is Cn1cc(-c2nc(N3CCC[S+]3[O-])ncc2Oc2ccc(F)cc2F)c2ccccc2c1=O. The zero-order valence-corrected chi connectivity index (χ0v) is 18.3. The predicted molar refractivity (Wildman–Crippen MR) is 122 cm³/mol. The molecule has 168 valence electrons. The van der Waals surface area contributed by atoms with Gasteiger partial charge in [0, 0.05) is 36.7 Å². The van der Waals surface area contributed by atoms with Crippen LogP contribution in [0.4, 0.5) is 14.7 Å². The lowest BCUT2D eigenvalue weighted by molar-refractivity contribution is 0.436. The quantitative estimate of drug-likeness (QED) is 0.422. The summed E-state index contributed by atoms with van der Waals surface area (Å²) in [7, 11) is 1.62. The summed E-state index contributed by atoms with van der Waals surface area (Å²) in [6.45, 7) is 0.535. The molecule has 7 nitrogen and oxygen atoms in total.